The van der Waals surface area contributed by atoms with E-state index in [1.54, 1.807) is 0 Å². The average Bonchev–Trinajstić information content (AvgIpc) is 3.11. The molecule has 2 unspecified atom stereocenters. The Balaban J connectivity index is 1.90. The van der Waals surface area contributed by atoms with Crippen LogP contribution in [-0.4, -0.2) is 9.97 Å². The third kappa shape index (κ3) is 2.87. The molecule has 1 N–H and O–H groups in total. The maximum Gasteiger partial charge on any atom is 0.144 e. The molecule has 2 aliphatic rings. The van der Waals surface area contributed by atoms with Crippen molar-refractivity contribution in [2.75, 3.05) is 0 Å². The van der Waals surface area contributed by atoms with Crippen LogP contribution in [0.5, 0.6) is 0 Å². The summed E-state index contributed by atoms with van der Waals surface area (Å²) in [6, 6.07) is 0. The maximum absolute atomic E-state index is 5.48. The number of H-pyrrole nitrogens is 1. The monoisotopic (exact) mass is 354 g/mol. The van der Waals surface area contributed by atoms with Gasteiger partial charge in [-0.1, -0.05) is 38.4 Å². The summed E-state index contributed by atoms with van der Waals surface area (Å²) < 4.78 is 1.79. The van der Waals surface area contributed by atoms with Gasteiger partial charge in [0.25, 0.3) is 0 Å². The molecule has 4 heteroatoms. The van der Waals surface area contributed by atoms with Crippen molar-refractivity contribution in [1.29, 1.82) is 0 Å². The Bertz CT molecular complexity index is 534. The first-order chi connectivity index (χ1) is 9.69. The third-order valence-corrected chi connectivity index (χ3v) is 6.54. The van der Waals surface area contributed by atoms with E-state index in [2.05, 4.69) is 32.8 Å². The summed E-state index contributed by atoms with van der Waals surface area (Å²) in [7, 11) is 0. The highest BCUT2D eigenvalue weighted by Crippen LogP contribution is 2.41. The van der Waals surface area contributed by atoms with Crippen molar-refractivity contribution in [3.63, 3.8) is 0 Å². The van der Waals surface area contributed by atoms with Gasteiger partial charge in [-0.3, -0.25) is 0 Å². The van der Waals surface area contributed by atoms with E-state index in [9.17, 15) is 0 Å². The fourth-order valence-electron chi connectivity index (χ4n) is 3.88. The summed E-state index contributed by atoms with van der Waals surface area (Å²) in [6.07, 6.45) is 10.4. The van der Waals surface area contributed by atoms with E-state index < -0.39 is 0 Å². The topological polar surface area (TPSA) is 28.7 Å². The van der Waals surface area contributed by atoms with Crippen molar-refractivity contribution in [1.82, 2.24) is 9.97 Å². The number of aromatic nitrogens is 2. The zero-order valence-electron chi connectivity index (χ0n) is 12.1. The van der Waals surface area contributed by atoms with E-state index in [-0.39, 0.29) is 0 Å². The number of nitrogens with zero attached hydrogens (tertiary/aromatic N) is 1. The van der Waals surface area contributed by atoms with E-state index in [1.165, 1.54) is 57.1 Å². The highest BCUT2D eigenvalue weighted by molar-refractivity contribution is 9.10. The van der Waals surface area contributed by atoms with Crippen LogP contribution in [0, 0.1) is 10.6 Å². The van der Waals surface area contributed by atoms with Gasteiger partial charge in [0.05, 0.1) is 4.47 Å². The van der Waals surface area contributed by atoms with Crippen LogP contribution in [0.15, 0.2) is 4.47 Å². The Kier molecular flexibility index (Phi) is 4.61. The minimum Gasteiger partial charge on any atom is -0.346 e. The van der Waals surface area contributed by atoms with Gasteiger partial charge in [-0.15, -0.1) is 0 Å². The number of hydrogen-bond acceptors (Lipinski definition) is 2. The molecule has 0 aromatic carbocycles. The minimum atomic E-state index is 0.593. The Morgan fingerprint density at radius 1 is 1.20 bits per heavy atom. The Morgan fingerprint density at radius 2 is 1.95 bits per heavy atom. The number of rotatable bonds is 3. The molecule has 1 aromatic heterocycles. The van der Waals surface area contributed by atoms with Crippen molar-refractivity contribution >= 4 is 28.1 Å². The largest absolute Gasteiger partial charge is 0.346 e. The molecule has 0 bridgehead atoms. The van der Waals surface area contributed by atoms with Gasteiger partial charge >= 0.3 is 0 Å². The molecule has 1 heterocycles. The lowest BCUT2D eigenvalue weighted by Crippen LogP contribution is -2.08. The summed E-state index contributed by atoms with van der Waals surface area (Å²) in [5.41, 5.74) is 1.32. The molecule has 0 spiro atoms. The molecular weight excluding hydrogens is 332 g/mol. The lowest BCUT2D eigenvalue weighted by atomic mass is 10.0. The van der Waals surface area contributed by atoms with E-state index in [0.717, 1.165) is 20.9 Å². The fourth-order valence-corrected chi connectivity index (χ4v) is 4.60. The standard InChI is InChI=1S/C16H23BrN2S/c1-2-10-7-8-12(9-10)15-18-14(11-5-3-4-6-11)13(17)16(20)19-15/h10-12H,2-9H2,1H3,(H,18,19,20). The van der Waals surface area contributed by atoms with Crippen LogP contribution in [0.1, 0.15) is 81.6 Å². The molecule has 0 aliphatic heterocycles. The SMILES string of the molecule is CCC1CCC(c2nc(=S)c(Br)c(C3CCCC3)[nH]2)C1. The molecule has 0 saturated heterocycles. The van der Waals surface area contributed by atoms with Gasteiger partial charge in [-0.25, -0.2) is 4.98 Å². The molecule has 2 saturated carbocycles. The van der Waals surface area contributed by atoms with Crippen molar-refractivity contribution in [2.45, 2.75) is 70.1 Å². The molecule has 2 aliphatic carbocycles. The molecule has 20 heavy (non-hydrogen) atoms. The van der Waals surface area contributed by atoms with Gasteiger partial charge in [0.2, 0.25) is 0 Å². The Hall–Kier alpha value is -0.220. The molecule has 0 amide bonds. The van der Waals surface area contributed by atoms with Crippen LogP contribution < -0.4 is 0 Å². The zero-order chi connectivity index (χ0) is 14.1. The van der Waals surface area contributed by atoms with E-state index in [4.69, 9.17) is 12.2 Å². The second-order valence-corrected chi connectivity index (χ2v) is 7.60. The highest BCUT2D eigenvalue weighted by atomic mass is 79.9. The second-order valence-electron chi connectivity index (χ2n) is 6.42. The van der Waals surface area contributed by atoms with Crippen molar-refractivity contribution in [2.24, 2.45) is 5.92 Å². The van der Waals surface area contributed by atoms with Crippen molar-refractivity contribution in [3.05, 3.63) is 20.6 Å². The molecule has 0 radical (unpaired) electrons. The summed E-state index contributed by atoms with van der Waals surface area (Å²) in [4.78, 5) is 8.33. The summed E-state index contributed by atoms with van der Waals surface area (Å²) in [5.74, 6) is 3.27. The van der Waals surface area contributed by atoms with Gasteiger partial charge in [0.15, 0.2) is 0 Å². The average molecular weight is 355 g/mol. The second kappa shape index (κ2) is 6.27. The first-order valence-corrected chi connectivity index (χ1v) is 9.18. The van der Waals surface area contributed by atoms with Crippen molar-refractivity contribution in [3.8, 4) is 0 Å². The molecule has 2 nitrogen and oxygen atoms in total. The van der Waals surface area contributed by atoms with E-state index >= 15 is 0 Å². The van der Waals surface area contributed by atoms with Crippen LogP contribution >= 0.6 is 28.1 Å². The zero-order valence-corrected chi connectivity index (χ0v) is 14.5. The number of nitrogens with one attached hydrogen (secondary N) is 1. The number of hydrogen-bond donors (Lipinski definition) is 1. The van der Waals surface area contributed by atoms with Crippen LogP contribution in [0.3, 0.4) is 0 Å². The fraction of sp³-hybridized carbons (Fsp3) is 0.750. The molecule has 3 rings (SSSR count). The lowest BCUT2D eigenvalue weighted by molar-refractivity contribution is 0.515. The third-order valence-electron chi connectivity index (χ3n) is 5.18. The first-order valence-electron chi connectivity index (χ1n) is 7.98. The van der Waals surface area contributed by atoms with Crippen molar-refractivity contribution < 1.29 is 0 Å². The summed E-state index contributed by atoms with van der Waals surface area (Å²) in [6.45, 7) is 2.30. The molecule has 1 aromatic rings. The minimum absolute atomic E-state index is 0.593. The van der Waals surface area contributed by atoms with Gasteiger partial charge in [-0.2, -0.15) is 0 Å². The van der Waals surface area contributed by atoms with Gasteiger partial charge in [0.1, 0.15) is 10.5 Å². The smallest absolute Gasteiger partial charge is 0.144 e. The predicted molar refractivity (Wildman–Crippen MR) is 88.7 cm³/mol. The lowest BCUT2D eigenvalue weighted by Gasteiger charge is -2.17. The predicted octanol–water partition coefficient (Wildman–Crippen LogP) is 5.85. The summed E-state index contributed by atoms with van der Waals surface area (Å²) in [5, 5.41) is 0. The molecule has 2 fully saturated rings. The Labute approximate surface area is 134 Å². The van der Waals surface area contributed by atoms with E-state index in [1.807, 2.05) is 0 Å². The van der Waals surface area contributed by atoms with Crippen LogP contribution in [0.25, 0.3) is 0 Å². The number of aromatic amines is 1. The quantitative estimate of drug-likeness (QED) is 0.689. The van der Waals surface area contributed by atoms with Gasteiger partial charge in [-0.05, 0) is 54.0 Å². The van der Waals surface area contributed by atoms with Crippen LogP contribution in [0.4, 0.5) is 0 Å². The van der Waals surface area contributed by atoms with Gasteiger partial charge in [0, 0.05) is 17.5 Å². The maximum atomic E-state index is 5.48. The van der Waals surface area contributed by atoms with Gasteiger partial charge < -0.3 is 4.98 Å². The molecule has 2 atom stereocenters. The van der Waals surface area contributed by atoms with E-state index in [0.29, 0.717) is 11.8 Å². The summed E-state index contributed by atoms with van der Waals surface area (Å²) >= 11 is 9.14. The normalized spacial score (nSPS) is 27.3. The highest BCUT2D eigenvalue weighted by Gasteiger charge is 2.28. The molecular formula is C16H23BrN2S. The number of halogens is 1. The molecule has 110 valence electrons. The van der Waals surface area contributed by atoms with Crippen LogP contribution in [-0.2, 0) is 0 Å². The van der Waals surface area contributed by atoms with Crippen LogP contribution in [0.2, 0.25) is 0 Å². The Morgan fingerprint density at radius 3 is 2.60 bits per heavy atom. The first kappa shape index (κ1) is 14.7.